The van der Waals surface area contributed by atoms with Crippen LogP contribution in [-0.4, -0.2) is 65.3 Å². The Hall–Kier alpha value is -4.47. The Morgan fingerprint density at radius 3 is 2.42 bits per heavy atom. The zero-order valence-electron chi connectivity index (χ0n) is 22.9. The van der Waals surface area contributed by atoms with Gasteiger partial charge in [-0.2, -0.15) is 0 Å². The minimum Gasteiger partial charge on any atom is -0.478 e. The molecule has 1 atom stereocenters. The van der Waals surface area contributed by atoms with Crippen molar-refractivity contribution in [3.8, 4) is 0 Å². The van der Waals surface area contributed by atoms with Crippen molar-refractivity contribution in [1.82, 2.24) is 10.2 Å². The van der Waals surface area contributed by atoms with E-state index in [2.05, 4.69) is 15.6 Å². The number of aliphatic carboxylic acids is 1. The van der Waals surface area contributed by atoms with Gasteiger partial charge in [0.25, 0.3) is 5.91 Å². The number of nitrogens with zero attached hydrogens (tertiary/aromatic N) is 3. The lowest BCUT2D eigenvalue weighted by atomic mass is 10.0. The van der Waals surface area contributed by atoms with E-state index in [9.17, 15) is 24.3 Å². The van der Waals surface area contributed by atoms with Crippen LogP contribution in [-0.2, 0) is 14.4 Å². The summed E-state index contributed by atoms with van der Waals surface area (Å²) in [5, 5.41) is 14.6. The highest BCUT2D eigenvalue weighted by Gasteiger charge is 2.35. The molecule has 1 saturated heterocycles. The topological polar surface area (TPSA) is 131 Å². The summed E-state index contributed by atoms with van der Waals surface area (Å²) in [5.41, 5.74) is 3.36. The van der Waals surface area contributed by atoms with Crippen LogP contribution in [0.5, 0.6) is 0 Å². The molecule has 0 spiro atoms. The molecule has 2 aliphatic rings. The first kappa shape index (κ1) is 28.5. The number of carboxylic acids is 1. The first-order valence-electron chi connectivity index (χ1n) is 13.5. The molecule has 40 heavy (non-hydrogen) atoms. The summed E-state index contributed by atoms with van der Waals surface area (Å²) in [6.07, 6.45) is 5.92. The Balaban J connectivity index is 1.69. The van der Waals surface area contributed by atoms with Crippen LogP contribution in [0.4, 0.5) is 16.2 Å². The number of anilines is 2. The van der Waals surface area contributed by atoms with Gasteiger partial charge in [-0.15, -0.1) is 0 Å². The van der Waals surface area contributed by atoms with Crippen molar-refractivity contribution in [2.45, 2.75) is 52.1 Å². The van der Waals surface area contributed by atoms with Gasteiger partial charge in [-0.1, -0.05) is 49.6 Å². The average molecular weight is 546 g/mol. The van der Waals surface area contributed by atoms with Crippen molar-refractivity contribution < 1.29 is 24.3 Å². The standard InChI is InChI=1S/C30H35N5O5/c1-20-10-8-12-22(18-20)31-30(40)33-28-29(39)35(19-25(36)34-16-6-4-3-5-7-17-34)27-21(2)11-9-13-23(27)24(32-28)14-15-26(37)38/h8-15,18,28H,3-7,16-17,19H2,1-2H3,(H,37,38)(H2,31,33,40)/t28-/m0/s1. The Morgan fingerprint density at radius 1 is 1.02 bits per heavy atom. The number of amides is 4. The maximum absolute atomic E-state index is 14.0. The largest absolute Gasteiger partial charge is 0.478 e. The summed E-state index contributed by atoms with van der Waals surface area (Å²) in [6.45, 7) is 4.75. The summed E-state index contributed by atoms with van der Waals surface area (Å²) in [6, 6.07) is 11.9. The minimum absolute atomic E-state index is 0.183. The Morgan fingerprint density at radius 2 is 1.73 bits per heavy atom. The smallest absolute Gasteiger partial charge is 0.328 e. The lowest BCUT2D eigenvalue weighted by Gasteiger charge is -2.30. The van der Waals surface area contributed by atoms with Crippen molar-refractivity contribution in [2.24, 2.45) is 4.99 Å². The van der Waals surface area contributed by atoms with Crippen LogP contribution < -0.4 is 15.5 Å². The highest BCUT2D eigenvalue weighted by molar-refractivity contribution is 6.19. The number of aliphatic imine (C=N–C) groups is 1. The molecule has 4 rings (SSSR count). The number of fused-ring (bicyclic) bond motifs is 1. The molecule has 0 aromatic heterocycles. The van der Waals surface area contributed by atoms with Crippen molar-refractivity contribution in [3.05, 3.63) is 71.3 Å². The maximum atomic E-state index is 14.0. The van der Waals surface area contributed by atoms with Gasteiger partial charge < -0.3 is 20.6 Å². The monoisotopic (exact) mass is 545 g/mol. The van der Waals surface area contributed by atoms with Gasteiger partial charge >= 0.3 is 12.0 Å². The second-order valence-corrected chi connectivity index (χ2v) is 10.1. The van der Waals surface area contributed by atoms with Crippen LogP contribution in [0.15, 0.2) is 59.6 Å². The van der Waals surface area contributed by atoms with Gasteiger partial charge in [0.1, 0.15) is 6.54 Å². The maximum Gasteiger partial charge on any atom is 0.328 e. The van der Waals surface area contributed by atoms with Crippen LogP contribution >= 0.6 is 0 Å². The van der Waals surface area contributed by atoms with Crippen LogP contribution in [0.1, 0.15) is 48.8 Å². The highest BCUT2D eigenvalue weighted by atomic mass is 16.4. The normalized spacial score (nSPS) is 17.8. The molecule has 3 N–H and O–H groups in total. The molecule has 0 saturated carbocycles. The molecule has 4 amide bonds. The van der Waals surface area contributed by atoms with Gasteiger partial charge in [0.2, 0.25) is 12.1 Å². The van der Waals surface area contributed by atoms with Gasteiger partial charge in [-0.3, -0.25) is 14.5 Å². The van der Waals surface area contributed by atoms with E-state index in [4.69, 9.17) is 0 Å². The number of aryl methyl sites for hydroxylation is 2. The van der Waals surface area contributed by atoms with E-state index in [0.29, 0.717) is 35.6 Å². The quantitative estimate of drug-likeness (QED) is 0.472. The third-order valence-electron chi connectivity index (χ3n) is 6.98. The number of benzodiazepines with no additional fused rings is 1. The average Bonchev–Trinajstić information content (AvgIpc) is 2.98. The molecule has 0 radical (unpaired) electrons. The fraction of sp³-hybridized carbons (Fsp3) is 0.367. The number of hydrogen-bond donors (Lipinski definition) is 3. The number of rotatable bonds is 6. The van der Waals surface area contributed by atoms with Crippen LogP contribution in [0.2, 0.25) is 0 Å². The summed E-state index contributed by atoms with van der Waals surface area (Å²) >= 11 is 0. The third kappa shape index (κ3) is 7.13. The first-order valence-corrected chi connectivity index (χ1v) is 13.5. The van der Waals surface area contributed by atoms with Crippen molar-refractivity contribution in [2.75, 3.05) is 29.9 Å². The van der Waals surface area contributed by atoms with E-state index >= 15 is 0 Å². The number of para-hydroxylation sites is 1. The predicted molar refractivity (Wildman–Crippen MR) is 154 cm³/mol. The van der Waals surface area contributed by atoms with Gasteiger partial charge in [0, 0.05) is 30.4 Å². The summed E-state index contributed by atoms with van der Waals surface area (Å²) < 4.78 is 0. The number of allylic oxidation sites excluding steroid dienone is 1. The second kappa shape index (κ2) is 13.1. The number of carboxylic acid groups (broad SMARTS) is 1. The Labute approximate surface area is 233 Å². The molecule has 0 unspecified atom stereocenters. The zero-order chi connectivity index (χ0) is 28.6. The number of carbonyl (C=O) groups is 4. The number of benzene rings is 2. The lowest BCUT2D eigenvalue weighted by molar-refractivity contribution is -0.132. The van der Waals surface area contributed by atoms with E-state index in [-0.39, 0.29) is 18.2 Å². The lowest BCUT2D eigenvalue weighted by Crippen LogP contribution is -2.52. The van der Waals surface area contributed by atoms with Gasteiger partial charge in [-0.05, 0) is 56.0 Å². The Kier molecular flexibility index (Phi) is 9.31. The molecule has 10 heteroatoms. The molecule has 2 heterocycles. The predicted octanol–water partition coefficient (Wildman–Crippen LogP) is 4.02. The van der Waals surface area contributed by atoms with E-state index in [1.54, 1.807) is 35.2 Å². The first-order chi connectivity index (χ1) is 19.2. The SMILES string of the molecule is Cc1cccc(NC(=O)N[C@@H]2N=C(C=CC(=O)O)c3cccc(C)c3N(CC(=O)N3CCCCCCC3)C2=O)c1. The number of carbonyl (C=O) groups excluding carboxylic acids is 3. The minimum atomic E-state index is -1.40. The number of hydrogen-bond acceptors (Lipinski definition) is 5. The molecular weight excluding hydrogens is 510 g/mol. The molecule has 210 valence electrons. The highest BCUT2D eigenvalue weighted by Crippen LogP contribution is 2.30. The fourth-order valence-electron chi connectivity index (χ4n) is 5.03. The van der Waals surface area contributed by atoms with Crippen molar-refractivity contribution in [3.63, 3.8) is 0 Å². The molecular formula is C30H35N5O5. The van der Waals surface area contributed by atoms with Crippen molar-refractivity contribution >= 4 is 40.9 Å². The Bertz CT molecular complexity index is 1340. The van der Waals surface area contributed by atoms with Gasteiger partial charge in [0.15, 0.2) is 0 Å². The zero-order valence-corrected chi connectivity index (χ0v) is 22.9. The van der Waals surface area contributed by atoms with E-state index in [0.717, 1.165) is 43.7 Å². The second-order valence-electron chi connectivity index (χ2n) is 10.1. The van der Waals surface area contributed by atoms with Crippen molar-refractivity contribution in [1.29, 1.82) is 0 Å². The van der Waals surface area contributed by atoms with Gasteiger partial charge in [-0.25, -0.2) is 14.6 Å². The van der Waals surface area contributed by atoms with Crippen LogP contribution in [0, 0.1) is 13.8 Å². The summed E-state index contributed by atoms with van der Waals surface area (Å²) in [4.78, 5) is 59.5. The fourth-order valence-corrected chi connectivity index (χ4v) is 5.03. The molecule has 1 fully saturated rings. The molecule has 2 aromatic carbocycles. The number of urea groups is 1. The van der Waals surface area contributed by atoms with E-state index < -0.39 is 24.1 Å². The summed E-state index contributed by atoms with van der Waals surface area (Å²) in [5.74, 6) is -1.95. The van der Waals surface area contributed by atoms with Crippen LogP contribution in [0.3, 0.4) is 0 Å². The van der Waals surface area contributed by atoms with Crippen LogP contribution in [0.25, 0.3) is 0 Å². The number of likely N-dealkylation sites (tertiary alicyclic amines) is 1. The summed E-state index contributed by atoms with van der Waals surface area (Å²) in [7, 11) is 0. The molecule has 10 nitrogen and oxygen atoms in total. The van der Waals surface area contributed by atoms with Gasteiger partial charge in [0.05, 0.1) is 11.4 Å². The van der Waals surface area contributed by atoms with E-state index in [1.807, 2.05) is 26.0 Å². The number of nitrogens with one attached hydrogen (secondary N) is 2. The van der Waals surface area contributed by atoms with E-state index in [1.165, 1.54) is 11.0 Å². The molecule has 0 aliphatic carbocycles. The molecule has 0 bridgehead atoms. The molecule has 2 aromatic rings. The molecule has 2 aliphatic heterocycles. The third-order valence-corrected chi connectivity index (χ3v) is 6.98.